The lowest BCUT2D eigenvalue weighted by molar-refractivity contribution is -0.138. The minimum atomic E-state index is -4.46. The molecule has 6 heteroatoms. The van der Waals surface area contributed by atoms with Crippen LogP contribution in [0.25, 0.3) is 0 Å². The molecular weight excluding hydrogens is 271 g/mol. The first kappa shape index (κ1) is 15.1. The largest absolute Gasteiger partial charge is 0.416 e. The van der Waals surface area contributed by atoms with E-state index in [0.29, 0.717) is 25.4 Å². The van der Waals surface area contributed by atoms with Gasteiger partial charge in [-0.25, -0.2) is 0 Å². The highest BCUT2D eigenvalue weighted by molar-refractivity contribution is 5.52. The quantitative estimate of drug-likeness (QED) is 0.908. The van der Waals surface area contributed by atoms with Crippen molar-refractivity contribution in [2.24, 2.45) is 0 Å². The highest BCUT2D eigenvalue weighted by Crippen LogP contribution is 2.35. The van der Waals surface area contributed by atoms with E-state index in [9.17, 15) is 13.2 Å². The molecule has 2 rings (SSSR count). The molecule has 3 nitrogen and oxygen atoms in total. The Hall–Kier alpha value is -1.27. The van der Waals surface area contributed by atoms with Gasteiger partial charge < -0.3 is 14.7 Å². The third-order valence-corrected chi connectivity index (χ3v) is 3.39. The van der Waals surface area contributed by atoms with E-state index in [1.54, 1.807) is 6.07 Å². The zero-order chi connectivity index (χ0) is 14.8. The van der Waals surface area contributed by atoms with Crippen LogP contribution in [0, 0.1) is 0 Å². The zero-order valence-electron chi connectivity index (χ0n) is 11.3. The average Bonchev–Trinajstić information content (AvgIpc) is 2.61. The predicted octanol–water partition coefficient (Wildman–Crippen LogP) is 2.81. The van der Waals surface area contributed by atoms with Crippen molar-refractivity contribution in [3.63, 3.8) is 0 Å². The third kappa shape index (κ3) is 3.43. The molecule has 0 amide bonds. The van der Waals surface area contributed by atoms with Crippen molar-refractivity contribution in [1.29, 1.82) is 0 Å². The van der Waals surface area contributed by atoms with E-state index in [1.807, 2.05) is 11.8 Å². The molecule has 0 aliphatic carbocycles. The second kappa shape index (κ2) is 6.01. The lowest BCUT2D eigenvalue weighted by Crippen LogP contribution is -2.30. The number of halogens is 3. The number of aliphatic hydroxyl groups is 1. The Kier molecular flexibility index (Phi) is 4.55. The molecule has 0 radical (unpaired) electrons. The van der Waals surface area contributed by atoms with Gasteiger partial charge in [-0.1, -0.05) is 6.07 Å². The summed E-state index contributed by atoms with van der Waals surface area (Å²) in [5, 5.41) is 9.04. The summed E-state index contributed by atoms with van der Waals surface area (Å²) >= 11 is 0. The van der Waals surface area contributed by atoms with Gasteiger partial charge in [0.2, 0.25) is 0 Å². The van der Waals surface area contributed by atoms with E-state index in [2.05, 4.69) is 0 Å². The highest BCUT2D eigenvalue weighted by atomic mass is 19.4. The lowest BCUT2D eigenvalue weighted by atomic mass is 10.1. The van der Waals surface area contributed by atoms with E-state index >= 15 is 0 Å². The number of anilines is 1. The molecule has 0 saturated carbocycles. The monoisotopic (exact) mass is 289 g/mol. The number of hydrogen-bond donors (Lipinski definition) is 1. The maximum atomic E-state index is 13.0. The summed E-state index contributed by atoms with van der Waals surface area (Å²) in [5.74, 6) is 0. The van der Waals surface area contributed by atoms with Crippen molar-refractivity contribution in [2.45, 2.75) is 32.2 Å². The molecule has 1 aromatic carbocycles. The van der Waals surface area contributed by atoms with Gasteiger partial charge in [-0.2, -0.15) is 13.2 Å². The van der Waals surface area contributed by atoms with Crippen LogP contribution in [-0.2, 0) is 17.5 Å². The van der Waals surface area contributed by atoms with Gasteiger partial charge in [-0.3, -0.25) is 0 Å². The van der Waals surface area contributed by atoms with Gasteiger partial charge in [0.1, 0.15) is 0 Å². The van der Waals surface area contributed by atoms with Gasteiger partial charge in [0.25, 0.3) is 0 Å². The summed E-state index contributed by atoms with van der Waals surface area (Å²) in [6.45, 7) is 3.15. The number of rotatable bonds is 2. The summed E-state index contributed by atoms with van der Waals surface area (Å²) in [6, 6.07) is 4.08. The first-order valence-corrected chi connectivity index (χ1v) is 6.59. The van der Waals surface area contributed by atoms with Crippen LogP contribution in [-0.4, -0.2) is 30.9 Å². The molecule has 1 saturated heterocycles. The lowest BCUT2D eigenvalue weighted by Gasteiger charge is -2.25. The van der Waals surface area contributed by atoms with Crippen molar-refractivity contribution in [1.82, 2.24) is 0 Å². The van der Waals surface area contributed by atoms with Crippen LogP contribution in [0.2, 0.25) is 0 Å². The van der Waals surface area contributed by atoms with Crippen molar-refractivity contribution in [3.8, 4) is 0 Å². The van der Waals surface area contributed by atoms with Crippen LogP contribution in [0.1, 0.15) is 24.5 Å². The fourth-order valence-electron chi connectivity index (χ4n) is 2.39. The molecule has 0 spiro atoms. The summed E-state index contributed by atoms with van der Waals surface area (Å²) in [7, 11) is 0. The number of ether oxygens (including phenoxy) is 1. The molecule has 1 aliphatic rings. The van der Waals surface area contributed by atoms with Crippen LogP contribution >= 0.6 is 0 Å². The minimum absolute atomic E-state index is 0.00986. The standard InChI is InChI=1S/C14H18F3NO2/c1-10-8-18(5-2-6-20-10)12-4-3-11(9-19)13(7-12)14(15,16)17/h3-4,7,10,19H,2,5-6,8-9H2,1H3. The molecular formula is C14H18F3NO2. The van der Waals surface area contributed by atoms with Crippen LogP contribution in [0.5, 0.6) is 0 Å². The normalized spacial score (nSPS) is 20.9. The van der Waals surface area contributed by atoms with Gasteiger partial charge in [-0.15, -0.1) is 0 Å². The molecule has 1 fully saturated rings. The summed E-state index contributed by atoms with van der Waals surface area (Å²) in [6.07, 6.45) is -3.68. The molecule has 1 aromatic rings. The molecule has 20 heavy (non-hydrogen) atoms. The Morgan fingerprint density at radius 1 is 1.40 bits per heavy atom. The molecule has 1 unspecified atom stereocenters. The molecule has 1 N–H and O–H groups in total. The summed E-state index contributed by atoms with van der Waals surface area (Å²) in [5.41, 5.74) is -0.345. The zero-order valence-corrected chi connectivity index (χ0v) is 11.3. The van der Waals surface area contributed by atoms with E-state index in [0.717, 1.165) is 12.5 Å². The maximum absolute atomic E-state index is 13.0. The van der Waals surface area contributed by atoms with E-state index < -0.39 is 18.3 Å². The number of aliphatic hydroxyl groups excluding tert-OH is 1. The van der Waals surface area contributed by atoms with Gasteiger partial charge in [0.15, 0.2) is 0 Å². The topological polar surface area (TPSA) is 32.7 Å². The second-order valence-corrected chi connectivity index (χ2v) is 4.98. The molecule has 1 atom stereocenters. The Balaban J connectivity index is 2.32. The molecule has 1 heterocycles. The van der Waals surface area contributed by atoms with Crippen LogP contribution in [0.4, 0.5) is 18.9 Å². The van der Waals surface area contributed by atoms with Crippen molar-refractivity contribution in [2.75, 3.05) is 24.6 Å². The number of benzene rings is 1. The van der Waals surface area contributed by atoms with E-state index in [-0.39, 0.29) is 11.7 Å². The number of hydrogen-bond acceptors (Lipinski definition) is 3. The Morgan fingerprint density at radius 2 is 2.15 bits per heavy atom. The Morgan fingerprint density at radius 3 is 2.80 bits per heavy atom. The van der Waals surface area contributed by atoms with Crippen LogP contribution in [0.3, 0.4) is 0 Å². The third-order valence-electron chi connectivity index (χ3n) is 3.39. The minimum Gasteiger partial charge on any atom is -0.392 e. The average molecular weight is 289 g/mol. The van der Waals surface area contributed by atoms with E-state index in [1.165, 1.54) is 6.07 Å². The van der Waals surface area contributed by atoms with Gasteiger partial charge in [-0.05, 0) is 31.0 Å². The molecule has 1 aliphatic heterocycles. The van der Waals surface area contributed by atoms with E-state index in [4.69, 9.17) is 9.84 Å². The van der Waals surface area contributed by atoms with Gasteiger partial charge in [0.05, 0.1) is 18.3 Å². The summed E-state index contributed by atoms with van der Waals surface area (Å²) in [4.78, 5) is 1.90. The maximum Gasteiger partial charge on any atom is 0.416 e. The highest BCUT2D eigenvalue weighted by Gasteiger charge is 2.34. The first-order valence-electron chi connectivity index (χ1n) is 6.59. The molecule has 0 aromatic heterocycles. The smallest absolute Gasteiger partial charge is 0.392 e. The van der Waals surface area contributed by atoms with Gasteiger partial charge >= 0.3 is 6.18 Å². The fraction of sp³-hybridized carbons (Fsp3) is 0.571. The first-order chi connectivity index (χ1) is 9.41. The van der Waals surface area contributed by atoms with Gasteiger partial charge in [0, 0.05) is 25.4 Å². The van der Waals surface area contributed by atoms with Crippen molar-refractivity contribution >= 4 is 5.69 Å². The summed E-state index contributed by atoms with van der Waals surface area (Å²) < 4.78 is 44.4. The van der Waals surface area contributed by atoms with Crippen LogP contribution < -0.4 is 4.90 Å². The molecule has 0 bridgehead atoms. The SMILES string of the molecule is CC1CN(c2ccc(CO)c(C(F)(F)F)c2)CCCO1. The van der Waals surface area contributed by atoms with Crippen molar-refractivity contribution < 1.29 is 23.0 Å². The predicted molar refractivity (Wildman–Crippen MR) is 69.6 cm³/mol. The number of alkyl halides is 3. The Bertz CT molecular complexity index is 462. The van der Waals surface area contributed by atoms with Crippen molar-refractivity contribution in [3.05, 3.63) is 29.3 Å². The Labute approximate surface area is 116 Å². The number of nitrogens with zero attached hydrogens (tertiary/aromatic N) is 1. The fourth-order valence-corrected chi connectivity index (χ4v) is 2.39. The molecule has 112 valence electrons. The second-order valence-electron chi connectivity index (χ2n) is 4.98. The van der Waals surface area contributed by atoms with Crippen LogP contribution in [0.15, 0.2) is 18.2 Å².